The van der Waals surface area contributed by atoms with Gasteiger partial charge in [-0.05, 0) is 5.41 Å². The van der Waals surface area contributed by atoms with Crippen LogP contribution in [0, 0.1) is 5.41 Å². The zero-order chi connectivity index (χ0) is 16.4. The number of likely N-dealkylation sites (N-methyl/N-ethyl adjacent to an activating group) is 1. The number of esters is 1. The Bertz CT molecular complexity index is 469. The zero-order valence-corrected chi connectivity index (χ0v) is 12.9. The molecule has 1 N–H and O–H groups in total. The molecule has 1 aliphatic rings. The van der Waals surface area contributed by atoms with Crippen LogP contribution in [0.25, 0.3) is 0 Å². The molecule has 0 spiro atoms. The highest BCUT2D eigenvalue weighted by molar-refractivity contribution is 6.04. The predicted octanol–water partition coefficient (Wildman–Crippen LogP) is -0.416. The molecular formula is C13H21N3O5. The second-order valence-electron chi connectivity index (χ2n) is 6.01. The van der Waals surface area contributed by atoms with Crippen LogP contribution in [0.1, 0.15) is 20.8 Å². The number of imide groups is 1. The molecule has 1 atom stereocenters. The first-order valence-corrected chi connectivity index (χ1v) is 6.50. The van der Waals surface area contributed by atoms with Gasteiger partial charge >= 0.3 is 12.0 Å². The first kappa shape index (κ1) is 16.9. The van der Waals surface area contributed by atoms with Crippen molar-refractivity contribution in [1.29, 1.82) is 0 Å². The van der Waals surface area contributed by atoms with Crippen LogP contribution in [0.15, 0.2) is 0 Å². The van der Waals surface area contributed by atoms with Crippen LogP contribution in [-0.4, -0.2) is 66.9 Å². The number of amides is 4. The molecule has 118 valence electrons. The van der Waals surface area contributed by atoms with Crippen molar-refractivity contribution in [3.05, 3.63) is 0 Å². The molecule has 1 heterocycles. The minimum absolute atomic E-state index is 0.0498. The van der Waals surface area contributed by atoms with Gasteiger partial charge in [0.1, 0.15) is 19.1 Å². The van der Waals surface area contributed by atoms with Crippen molar-refractivity contribution in [2.45, 2.75) is 26.8 Å². The van der Waals surface area contributed by atoms with Crippen LogP contribution in [0.5, 0.6) is 0 Å². The molecule has 4 amide bonds. The Morgan fingerprint density at radius 1 is 1.33 bits per heavy atom. The first-order valence-electron chi connectivity index (χ1n) is 6.50. The quantitative estimate of drug-likeness (QED) is 0.562. The lowest BCUT2D eigenvalue weighted by atomic mass is 9.86. The van der Waals surface area contributed by atoms with E-state index in [9.17, 15) is 19.2 Å². The van der Waals surface area contributed by atoms with Gasteiger partial charge in [0.2, 0.25) is 5.91 Å². The Morgan fingerprint density at radius 2 is 1.90 bits per heavy atom. The number of carbonyl (C=O) groups excluding carboxylic acids is 4. The van der Waals surface area contributed by atoms with Crippen molar-refractivity contribution in [1.82, 2.24) is 15.1 Å². The molecule has 0 aromatic carbocycles. The predicted molar refractivity (Wildman–Crippen MR) is 73.1 cm³/mol. The van der Waals surface area contributed by atoms with E-state index < -0.39 is 41.8 Å². The average molecular weight is 299 g/mol. The number of nitrogens with zero attached hydrogens (tertiary/aromatic N) is 2. The van der Waals surface area contributed by atoms with Gasteiger partial charge in [0.05, 0.1) is 7.11 Å². The molecule has 8 heteroatoms. The fourth-order valence-corrected chi connectivity index (χ4v) is 1.92. The van der Waals surface area contributed by atoms with Crippen LogP contribution >= 0.6 is 0 Å². The summed E-state index contributed by atoms with van der Waals surface area (Å²) in [4.78, 5) is 49.1. The Morgan fingerprint density at radius 3 is 2.29 bits per heavy atom. The molecular weight excluding hydrogens is 278 g/mol. The molecule has 21 heavy (non-hydrogen) atoms. The van der Waals surface area contributed by atoms with Crippen LogP contribution in [0.2, 0.25) is 0 Å². The molecule has 0 aliphatic carbocycles. The second-order valence-corrected chi connectivity index (χ2v) is 6.01. The highest BCUT2D eigenvalue weighted by Crippen LogP contribution is 2.20. The maximum atomic E-state index is 12.0. The van der Waals surface area contributed by atoms with E-state index in [1.54, 1.807) is 20.8 Å². The molecule has 1 aliphatic heterocycles. The third-order valence-electron chi connectivity index (χ3n) is 3.14. The minimum atomic E-state index is -0.861. The van der Waals surface area contributed by atoms with E-state index in [-0.39, 0.29) is 6.54 Å². The van der Waals surface area contributed by atoms with Gasteiger partial charge in [-0.15, -0.1) is 0 Å². The van der Waals surface area contributed by atoms with Crippen molar-refractivity contribution in [3.8, 4) is 0 Å². The Kier molecular flexibility index (Phi) is 4.93. The summed E-state index contributed by atoms with van der Waals surface area (Å²) in [6, 6.07) is -1.39. The van der Waals surface area contributed by atoms with E-state index in [0.717, 1.165) is 4.90 Å². The third-order valence-corrected chi connectivity index (χ3v) is 3.14. The summed E-state index contributed by atoms with van der Waals surface area (Å²) < 4.78 is 4.66. The number of ether oxygens (including phenoxy) is 1. The van der Waals surface area contributed by atoms with Crippen molar-refractivity contribution in [3.63, 3.8) is 0 Å². The van der Waals surface area contributed by atoms with Gasteiger partial charge in [0.15, 0.2) is 0 Å². The molecule has 1 rings (SSSR count). The van der Waals surface area contributed by atoms with Gasteiger partial charge < -0.3 is 15.0 Å². The minimum Gasteiger partial charge on any atom is -0.467 e. The molecule has 8 nitrogen and oxygen atoms in total. The molecule has 0 bridgehead atoms. The fourth-order valence-electron chi connectivity index (χ4n) is 1.92. The smallest absolute Gasteiger partial charge is 0.328 e. The summed E-state index contributed by atoms with van der Waals surface area (Å²) in [6.07, 6.45) is 0. The summed E-state index contributed by atoms with van der Waals surface area (Å²) in [5.74, 6) is -1.60. The van der Waals surface area contributed by atoms with E-state index in [4.69, 9.17) is 0 Å². The van der Waals surface area contributed by atoms with Crippen molar-refractivity contribution < 1.29 is 23.9 Å². The van der Waals surface area contributed by atoms with Crippen molar-refractivity contribution >= 4 is 23.8 Å². The zero-order valence-electron chi connectivity index (χ0n) is 12.9. The summed E-state index contributed by atoms with van der Waals surface area (Å²) in [5, 5.41) is 2.51. The molecule has 1 fully saturated rings. The Labute approximate surface area is 123 Å². The number of nitrogens with one attached hydrogen (secondary N) is 1. The van der Waals surface area contributed by atoms with Gasteiger partial charge in [-0.2, -0.15) is 0 Å². The van der Waals surface area contributed by atoms with Crippen molar-refractivity contribution in [2.24, 2.45) is 5.41 Å². The SMILES string of the molecule is COC(=O)[C@H](NC(=O)CN1C(=O)CN(C)C1=O)C(C)(C)C. The molecule has 0 aromatic rings. The molecule has 1 saturated heterocycles. The van der Waals surface area contributed by atoms with E-state index in [1.165, 1.54) is 19.1 Å². The van der Waals surface area contributed by atoms with E-state index in [2.05, 4.69) is 10.1 Å². The third kappa shape index (κ3) is 3.93. The normalized spacial score (nSPS) is 17.0. The molecule has 0 saturated carbocycles. The average Bonchev–Trinajstić information content (AvgIpc) is 2.60. The lowest BCUT2D eigenvalue weighted by molar-refractivity contribution is -0.148. The van der Waals surface area contributed by atoms with Crippen LogP contribution in [0.3, 0.4) is 0 Å². The highest BCUT2D eigenvalue weighted by atomic mass is 16.5. The first-order chi connectivity index (χ1) is 9.57. The van der Waals surface area contributed by atoms with Gasteiger partial charge in [-0.3, -0.25) is 14.5 Å². The maximum Gasteiger partial charge on any atom is 0.328 e. The standard InChI is InChI=1S/C13H21N3O5/c1-13(2,3)10(11(19)21-5)14-8(17)6-16-9(18)7-15(4)12(16)20/h10H,6-7H2,1-5H3,(H,14,17)/t10-/m0/s1. The van der Waals surface area contributed by atoms with E-state index in [0.29, 0.717) is 0 Å². The maximum absolute atomic E-state index is 12.0. The molecule has 0 radical (unpaired) electrons. The lowest BCUT2D eigenvalue weighted by Gasteiger charge is -2.29. The molecule has 0 unspecified atom stereocenters. The van der Waals surface area contributed by atoms with Gasteiger partial charge in [0.25, 0.3) is 5.91 Å². The Hall–Kier alpha value is -2.12. The summed E-state index contributed by atoms with van der Waals surface area (Å²) in [5.41, 5.74) is -0.557. The van der Waals surface area contributed by atoms with Gasteiger partial charge in [-0.1, -0.05) is 20.8 Å². The largest absolute Gasteiger partial charge is 0.467 e. The lowest BCUT2D eigenvalue weighted by Crippen LogP contribution is -2.52. The van der Waals surface area contributed by atoms with E-state index >= 15 is 0 Å². The van der Waals surface area contributed by atoms with Gasteiger partial charge in [-0.25, -0.2) is 9.59 Å². The topological polar surface area (TPSA) is 96.0 Å². The van der Waals surface area contributed by atoms with Gasteiger partial charge in [0, 0.05) is 7.05 Å². The number of hydrogen-bond donors (Lipinski definition) is 1. The second kappa shape index (κ2) is 6.11. The van der Waals surface area contributed by atoms with Crippen LogP contribution in [0.4, 0.5) is 4.79 Å². The monoisotopic (exact) mass is 299 g/mol. The Balaban J connectivity index is 2.73. The summed E-state index contributed by atoms with van der Waals surface area (Å²) in [7, 11) is 2.71. The number of methoxy groups -OCH3 is 1. The fraction of sp³-hybridized carbons (Fsp3) is 0.692. The number of rotatable bonds is 4. The van der Waals surface area contributed by atoms with Crippen LogP contribution < -0.4 is 5.32 Å². The number of carbonyl (C=O) groups is 4. The molecule has 0 aromatic heterocycles. The van der Waals surface area contributed by atoms with Crippen LogP contribution in [-0.2, 0) is 19.1 Å². The number of hydrogen-bond acceptors (Lipinski definition) is 5. The highest BCUT2D eigenvalue weighted by Gasteiger charge is 2.37. The van der Waals surface area contributed by atoms with Crippen molar-refractivity contribution in [2.75, 3.05) is 27.2 Å². The number of urea groups is 1. The summed E-state index contributed by atoms with van der Waals surface area (Å²) >= 11 is 0. The van der Waals surface area contributed by atoms with E-state index in [1.807, 2.05) is 0 Å². The summed E-state index contributed by atoms with van der Waals surface area (Å²) in [6.45, 7) is 4.86.